The molecule has 0 spiro atoms. The van der Waals surface area contributed by atoms with E-state index in [2.05, 4.69) is 54.5 Å². The second-order valence-electron chi connectivity index (χ2n) is 28.6. The van der Waals surface area contributed by atoms with Crippen molar-refractivity contribution in [3.8, 4) is 69.6 Å². The highest BCUT2D eigenvalue weighted by Crippen LogP contribution is 2.61. The van der Waals surface area contributed by atoms with Gasteiger partial charge in [-0.05, 0) is 138 Å². The van der Waals surface area contributed by atoms with E-state index in [1.807, 2.05) is 116 Å². The molecule has 107 heavy (non-hydrogen) atoms. The summed E-state index contributed by atoms with van der Waals surface area (Å²) in [6.45, 7) is 14.4. The van der Waals surface area contributed by atoms with Gasteiger partial charge in [0, 0.05) is 121 Å². The number of hydrogen-bond acceptors (Lipinski definition) is 22. The number of piperazine rings is 2. The monoisotopic (exact) mass is 1480 g/mol. The van der Waals surface area contributed by atoms with Crippen LogP contribution in [0.25, 0.3) is 0 Å². The first-order valence-corrected chi connectivity index (χ1v) is 37.0. The van der Waals surface area contributed by atoms with Crippen molar-refractivity contribution in [3.05, 3.63) is 151 Å². The van der Waals surface area contributed by atoms with E-state index in [9.17, 15) is 44.4 Å². The van der Waals surface area contributed by atoms with Crippen LogP contribution in [0.15, 0.2) is 72.8 Å². The molecule has 24 nitrogen and oxygen atoms in total. The maximum Gasteiger partial charge on any atom is 0.311 e. The number of nitriles is 2. The predicted octanol–water partition coefficient (Wildman–Crippen LogP) is 10.9. The molecule has 8 heterocycles. The molecule has 2 saturated heterocycles. The van der Waals surface area contributed by atoms with Crippen LogP contribution in [-0.2, 0) is 67.3 Å². The maximum atomic E-state index is 13.5. The lowest BCUT2D eigenvalue weighted by Crippen LogP contribution is -2.68. The fourth-order valence-electron chi connectivity index (χ4n) is 17.7. The number of phenolic OH excluding ortho intramolecular Hbond substituents is 1. The zero-order valence-corrected chi connectivity index (χ0v) is 63.4. The lowest BCUT2D eigenvalue weighted by Gasteiger charge is -2.60. The van der Waals surface area contributed by atoms with Gasteiger partial charge in [-0.25, -0.2) is 0 Å². The number of esters is 3. The minimum absolute atomic E-state index is 0.00177. The van der Waals surface area contributed by atoms with E-state index in [4.69, 9.17) is 54.2 Å². The molecule has 2 unspecified atom stereocenters. The summed E-state index contributed by atoms with van der Waals surface area (Å²) in [5.41, 5.74) is 11.7. The number of rotatable bonds is 19. The van der Waals surface area contributed by atoms with Crippen LogP contribution in [0.5, 0.6) is 57.5 Å². The third-order valence-corrected chi connectivity index (χ3v) is 22.3. The van der Waals surface area contributed by atoms with E-state index in [-0.39, 0.29) is 105 Å². The van der Waals surface area contributed by atoms with Crippen molar-refractivity contribution in [1.29, 1.82) is 10.5 Å². The molecule has 6 aromatic rings. The fraction of sp³-hybridized carbons (Fsp3) is 0.463. The fourth-order valence-corrected chi connectivity index (χ4v) is 17.9. The number of fused-ring (bicyclic) bond motifs is 18. The van der Waals surface area contributed by atoms with Gasteiger partial charge in [0.1, 0.15) is 23.6 Å². The van der Waals surface area contributed by atoms with Gasteiger partial charge in [-0.2, -0.15) is 10.5 Å². The zero-order chi connectivity index (χ0) is 76.4. The number of aromatic hydroxyl groups is 1. The Hall–Kier alpha value is -9.95. The second-order valence-corrected chi connectivity index (χ2v) is 29.0. The number of benzene rings is 6. The van der Waals surface area contributed by atoms with Gasteiger partial charge in [-0.1, -0.05) is 86.6 Å². The molecule has 564 valence electrons. The molecule has 6 aromatic carbocycles. The molecule has 0 aliphatic carbocycles. The highest BCUT2D eigenvalue weighted by Gasteiger charge is 2.59. The number of methoxy groups -OCH3 is 2. The van der Waals surface area contributed by atoms with E-state index in [1.54, 1.807) is 14.2 Å². The summed E-state index contributed by atoms with van der Waals surface area (Å²) in [4.78, 5) is 83.8. The number of ether oxygens (including phenoxy) is 9. The van der Waals surface area contributed by atoms with Crippen LogP contribution in [0.3, 0.4) is 0 Å². The molecule has 2 fully saturated rings. The van der Waals surface area contributed by atoms with Crippen molar-refractivity contribution in [2.75, 3.05) is 55.0 Å². The minimum atomic E-state index is -0.598. The van der Waals surface area contributed by atoms with E-state index < -0.39 is 36.1 Å². The summed E-state index contributed by atoms with van der Waals surface area (Å²) < 4.78 is 53.8. The Morgan fingerprint density at radius 1 is 0.542 bits per heavy atom. The molecule has 10 atom stereocenters. The number of nitrogens with zero attached hydrogens (tertiary/aromatic N) is 6. The Morgan fingerprint density at radius 3 is 1.36 bits per heavy atom. The summed E-state index contributed by atoms with van der Waals surface area (Å²) in [5.74, 6) is 2.71. The van der Waals surface area contributed by atoms with Crippen molar-refractivity contribution in [1.82, 2.24) is 30.2 Å². The summed E-state index contributed by atoms with van der Waals surface area (Å²) in [7, 11) is 7.13. The lowest BCUT2D eigenvalue weighted by molar-refractivity contribution is -0.135. The third kappa shape index (κ3) is 14.7. The Balaban J connectivity index is 0.000000187. The van der Waals surface area contributed by atoms with Gasteiger partial charge in [0.15, 0.2) is 46.0 Å². The first-order valence-electron chi connectivity index (χ1n) is 36.6. The quantitative estimate of drug-likeness (QED) is 0.0386. The molecular weight excluding hydrogens is 1390 g/mol. The molecule has 0 radical (unpaired) electrons. The number of carbonyl (C=O) groups is 6. The molecule has 0 saturated carbocycles. The van der Waals surface area contributed by atoms with E-state index in [0.29, 0.717) is 121 Å². The lowest BCUT2D eigenvalue weighted by atomic mass is 9.71. The SMILES string of the molecule is CCCC(=O)Cl.CCCC(=O)Oc1c(OC)c(C)cc2c1[C@@H]1C3Cc4c(OC(C)=O)c(C)c5c(c4[C@H](CNC(=O)CCc4ccccc4)N3[C@@H](C#N)[C@H](C2)N1C)OCO5.COc1c(C)cc2c(c1O)[C@@H]1C3Cc4c(OC(C)=O)c(C)c5c(c4[C@H](CNC(=O)CCc4ccccc4)N3[C@@H](C#N)[C@H](C2)N1C)OCO5. The highest BCUT2D eigenvalue weighted by atomic mass is 35.5. The third-order valence-electron chi connectivity index (χ3n) is 22.1. The van der Waals surface area contributed by atoms with Gasteiger partial charge in [-0.15, -0.1) is 0 Å². The number of carbonyl (C=O) groups excluding carboxylic acids is 6. The van der Waals surface area contributed by atoms with Crippen LogP contribution in [0.2, 0.25) is 0 Å². The van der Waals surface area contributed by atoms with Crippen LogP contribution in [0.4, 0.5) is 0 Å². The number of aryl methyl sites for hydroxylation is 4. The summed E-state index contributed by atoms with van der Waals surface area (Å²) in [6, 6.07) is 25.0. The summed E-state index contributed by atoms with van der Waals surface area (Å²) in [6.07, 6.45) is 5.82. The maximum absolute atomic E-state index is 13.5. The van der Waals surface area contributed by atoms with Crippen LogP contribution in [0.1, 0.15) is 168 Å². The topological polar surface area (TPSA) is 290 Å². The Bertz CT molecular complexity index is 4540. The number of nitrogens with one attached hydrogen (secondary N) is 2. The molecular formula is C82H93ClN8O16. The van der Waals surface area contributed by atoms with Gasteiger partial charge in [0.2, 0.25) is 30.6 Å². The zero-order valence-electron chi connectivity index (χ0n) is 62.6. The Labute approximate surface area is 628 Å². The van der Waals surface area contributed by atoms with Gasteiger partial charge in [0.05, 0.1) is 50.5 Å². The van der Waals surface area contributed by atoms with Crippen molar-refractivity contribution in [3.63, 3.8) is 0 Å². The number of halogens is 1. The Morgan fingerprint density at radius 2 is 0.963 bits per heavy atom. The number of hydrogen-bond donors (Lipinski definition) is 3. The standard InChI is InChI=1S/C41H46N4O8.C37H40N4O7.C4H7ClO/c1-7-11-33(48)53-41-34-26(16-22(2)37(41)49-6)17-28-30(19-42)45-29(36(34)44(28)5)18-27-35(40-39(50-21-51-40)23(3)38(27)52-24(4)46)31(45)20-43-32(47)15-14-25-12-9-8-10-13-25;1-19-13-23-14-25-27(16-38)41-26(32(40(25)4)30(23)33(44)34(19)45-5)15-24-31(37-36(46-18-47-37)20(2)35(24)48-21(3)42)28(41)17-39-29(43)12-11-22-9-7-6-8-10-22;1-2-3-4(5)6/h8-10,12-13,16,28-31,36H,7,11,14-15,17-18,20-21H2,1-6H3,(H,43,47);6-10,13,25-28,32,44H,11-12,14-15,17-18H2,1-5H3,(H,39,43);2-3H2,1H3/t28-,29?,30-,31-,36-;25-,26?,27-,28-,32-;/m00./s1. The molecule has 8 aliphatic rings. The minimum Gasteiger partial charge on any atom is -0.504 e. The molecule has 2 amide bonds. The van der Waals surface area contributed by atoms with Gasteiger partial charge < -0.3 is 58.4 Å². The second kappa shape index (κ2) is 32.6. The molecule has 14 rings (SSSR count). The van der Waals surface area contributed by atoms with Crippen molar-refractivity contribution in [2.24, 2.45) is 0 Å². The molecule has 8 aliphatic heterocycles. The Kier molecular flexibility index (Phi) is 23.4. The molecule has 3 N–H and O–H groups in total. The van der Waals surface area contributed by atoms with Crippen molar-refractivity contribution in [2.45, 2.75) is 193 Å². The molecule has 25 heteroatoms. The predicted molar refractivity (Wildman–Crippen MR) is 395 cm³/mol. The number of likely N-dealkylation sites (N-methyl/N-ethyl adjacent to an activating group) is 2. The van der Waals surface area contributed by atoms with Gasteiger partial charge in [0.25, 0.3) is 0 Å². The van der Waals surface area contributed by atoms with Crippen LogP contribution in [-0.4, -0.2) is 151 Å². The van der Waals surface area contributed by atoms with E-state index in [1.165, 1.54) is 13.8 Å². The average molecular weight is 1480 g/mol. The highest BCUT2D eigenvalue weighted by molar-refractivity contribution is 6.63. The number of amides is 2. The molecule has 0 aromatic heterocycles. The number of phenols is 1. The van der Waals surface area contributed by atoms with Crippen LogP contribution in [0, 0.1) is 50.4 Å². The van der Waals surface area contributed by atoms with Gasteiger partial charge >= 0.3 is 17.9 Å². The smallest absolute Gasteiger partial charge is 0.311 e. The van der Waals surface area contributed by atoms with E-state index in [0.717, 1.165) is 73.2 Å². The first-order chi connectivity index (χ1) is 51.5. The largest absolute Gasteiger partial charge is 0.504 e. The average Bonchev–Trinajstić information content (AvgIpc) is 1.46. The molecule has 4 bridgehead atoms. The first kappa shape index (κ1) is 76.7. The summed E-state index contributed by atoms with van der Waals surface area (Å²) >= 11 is 4.94. The van der Waals surface area contributed by atoms with Crippen LogP contribution >= 0.6 is 11.6 Å². The van der Waals surface area contributed by atoms with Crippen molar-refractivity contribution >= 4 is 46.6 Å². The van der Waals surface area contributed by atoms with Crippen molar-refractivity contribution < 1.29 is 76.5 Å². The van der Waals surface area contributed by atoms with E-state index >= 15 is 0 Å². The summed E-state index contributed by atoms with van der Waals surface area (Å²) in [5, 5.41) is 39.7. The van der Waals surface area contributed by atoms with Crippen LogP contribution < -0.4 is 53.3 Å². The normalized spacial score (nSPS) is 22.2. The van der Waals surface area contributed by atoms with Gasteiger partial charge in [-0.3, -0.25) is 48.4 Å².